The van der Waals surface area contributed by atoms with Gasteiger partial charge in [0.2, 0.25) is 0 Å². The molecule has 0 bridgehead atoms. The van der Waals surface area contributed by atoms with E-state index >= 15 is 0 Å². The van der Waals surface area contributed by atoms with Crippen LogP contribution in [0.3, 0.4) is 0 Å². The second kappa shape index (κ2) is 9.93. The minimum absolute atomic E-state index is 0.814. The van der Waals surface area contributed by atoms with Crippen molar-refractivity contribution in [2.45, 2.75) is 39.0 Å². The maximum Gasteiger partial charge on any atom is 0.0416 e. The van der Waals surface area contributed by atoms with Crippen LogP contribution in [0.4, 0.5) is 0 Å². The van der Waals surface area contributed by atoms with Gasteiger partial charge in [0.1, 0.15) is 0 Å². The smallest absolute Gasteiger partial charge is 0.0416 e. The molecule has 0 spiro atoms. The molecule has 0 aromatic carbocycles. The van der Waals surface area contributed by atoms with Crippen molar-refractivity contribution < 1.29 is 0 Å². The zero-order valence-electron chi connectivity index (χ0n) is 12.5. The van der Waals surface area contributed by atoms with E-state index in [1.165, 1.54) is 37.9 Å². The largest absolute Gasteiger partial charge is 0.330 e. The molecule has 1 aromatic rings. The fraction of sp³-hybridized carbons (Fsp3) is 0.688. The molecule has 108 valence electrons. The topological polar surface area (TPSA) is 42.1 Å². The molecule has 3 heteroatoms. The second-order valence-electron chi connectivity index (χ2n) is 5.37. The summed E-state index contributed by atoms with van der Waals surface area (Å²) in [6.45, 7) is 5.36. The van der Waals surface area contributed by atoms with E-state index in [0.717, 1.165) is 25.4 Å². The van der Waals surface area contributed by atoms with Gasteiger partial charge in [-0.3, -0.25) is 4.98 Å². The molecule has 0 aliphatic rings. The van der Waals surface area contributed by atoms with E-state index in [1.54, 1.807) is 0 Å². The van der Waals surface area contributed by atoms with Crippen LogP contribution in [-0.4, -0.2) is 36.6 Å². The van der Waals surface area contributed by atoms with Gasteiger partial charge in [-0.05, 0) is 57.5 Å². The lowest BCUT2D eigenvalue weighted by molar-refractivity contribution is 0.309. The van der Waals surface area contributed by atoms with Crippen LogP contribution in [0.5, 0.6) is 0 Å². The summed E-state index contributed by atoms with van der Waals surface area (Å²) < 4.78 is 0. The van der Waals surface area contributed by atoms with Crippen molar-refractivity contribution in [1.29, 1.82) is 0 Å². The first-order valence-corrected chi connectivity index (χ1v) is 7.54. The standard InChI is InChI=1S/C16H29N3/c1-3-15(9-11-17)7-6-13-19(2)14-10-16-8-4-5-12-18-16/h4-5,8,12,15H,3,6-7,9-11,13-14,17H2,1-2H3. The number of hydrogen-bond donors (Lipinski definition) is 1. The summed E-state index contributed by atoms with van der Waals surface area (Å²) in [5.74, 6) is 0.814. The molecule has 0 aliphatic heterocycles. The van der Waals surface area contributed by atoms with Crippen LogP contribution in [0.15, 0.2) is 24.4 Å². The van der Waals surface area contributed by atoms with Crippen LogP contribution in [-0.2, 0) is 6.42 Å². The minimum atomic E-state index is 0.814. The van der Waals surface area contributed by atoms with Crippen molar-refractivity contribution in [1.82, 2.24) is 9.88 Å². The number of nitrogens with two attached hydrogens (primary N) is 1. The number of pyridine rings is 1. The van der Waals surface area contributed by atoms with Gasteiger partial charge < -0.3 is 10.6 Å². The quantitative estimate of drug-likeness (QED) is 0.706. The minimum Gasteiger partial charge on any atom is -0.330 e. The van der Waals surface area contributed by atoms with E-state index < -0.39 is 0 Å². The van der Waals surface area contributed by atoms with E-state index in [9.17, 15) is 0 Å². The van der Waals surface area contributed by atoms with E-state index in [0.29, 0.717) is 0 Å². The van der Waals surface area contributed by atoms with Crippen LogP contribution in [0.25, 0.3) is 0 Å². The van der Waals surface area contributed by atoms with Gasteiger partial charge >= 0.3 is 0 Å². The molecule has 0 fully saturated rings. The summed E-state index contributed by atoms with van der Waals surface area (Å²) in [5, 5.41) is 0. The van der Waals surface area contributed by atoms with Gasteiger partial charge in [-0.15, -0.1) is 0 Å². The molecule has 1 rings (SSSR count). The number of aromatic nitrogens is 1. The van der Waals surface area contributed by atoms with Gasteiger partial charge in [0, 0.05) is 24.9 Å². The fourth-order valence-electron chi connectivity index (χ4n) is 2.40. The molecule has 0 aliphatic carbocycles. The number of nitrogens with zero attached hydrogens (tertiary/aromatic N) is 2. The molecule has 1 aromatic heterocycles. The van der Waals surface area contributed by atoms with Crippen molar-refractivity contribution >= 4 is 0 Å². The highest BCUT2D eigenvalue weighted by Gasteiger charge is 2.06. The first-order valence-electron chi connectivity index (χ1n) is 7.54. The summed E-state index contributed by atoms with van der Waals surface area (Å²) >= 11 is 0. The van der Waals surface area contributed by atoms with E-state index in [1.807, 2.05) is 12.3 Å². The van der Waals surface area contributed by atoms with Gasteiger partial charge in [-0.25, -0.2) is 0 Å². The molecule has 0 radical (unpaired) electrons. The van der Waals surface area contributed by atoms with E-state index in [2.05, 4.69) is 36.0 Å². The Kier molecular flexibility index (Phi) is 8.43. The molecular formula is C16H29N3. The van der Waals surface area contributed by atoms with E-state index in [4.69, 9.17) is 5.73 Å². The van der Waals surface area contributed by atoms with Crippen LogP contribution in [0.2, 0.25) is 0 Å². The zero-order valence-corrected chi connectivity index (χ0v) is 12.5. The molecule has 1 heterocycles. The fourth-order valence-corrected chi connectivity index (χ4v) is 2.40. The lowest BCUT2D eigenvalue weighted by atomic mass is 9.96. The van der Waals surface area contributed by atoms with Crippen molar-refractivity contribution in [3.8, 4) is 0 Å². The monoisotopic (exact) mass is 263 g/mol. The molecule has 1 unspecified atom stereocenters. The maximum absolute atomic E-state index is 5.63. The third-order valence-electron chi connectivity index (χ3n) is 3.78. The second-order valence-corrected chi connectivity index (χ2v) is 5.37. The molecule has 2 N–H and O–H groups in total. The lowest BCUT2D eigenvalue weighted by Gasteiger charge is -2.18. The van der Waals surface area contributed by atoms with Crippen LogP contribution >= 0.6 is 0 Å². The normalized spacial score (nSPS) is 12.8. The molecular weight excluding hydrogens is 234 g/mol. The van der Waals surface area contributed by atoms with Gasteiger partial charge in [0.25, 0.3) is 0 Å². The van der Waals surface area contributed by atoms with Crippen molar-refractivity contribution in [3.63, 3.8) is 0 Å². The third kappa shape index (κ3) is 7.28. The Bertz CT molecular complexity index is 313. The Morgan fingerprint density at radius 1 is 1.26 bits per heavy atom. The van der Waals surface area contributed by atoms with Crippen LogP contribution in [0.1, 0.15) is 38.3 Å². The van der Waals surface area contributed by atoms with Crippen molar-refractivity contribution in [2.24, 2.45) is 11.7 Å². The lowest BCUT2D eigenvalue weighted by Crippen LogP contribution is -2.23. The van der Waals surface area contributed by atoms with Crippen LogP contribution in [0, 0.1) is 5.92 Å². The zero-order chi connectivity index (χ0) is 13.9. The molecule has 3 nitrogen and oxygen atoms in total. The van der Waals surface area contributed by atoms with Gasteiger partial charge in [-0.1, -0.05) is 19.4 Å². The third-order valence-corrected chi connectivity index (χ3v) is 3.78. The van der Waals surface area contributed by atoms with Crippen molar-refractivity contribution in [3.05, 3.63) is 30.1 Å². The molecule has 1 atom stereocenters. The van der Waals surface area contributed by atoms with Crippen LogP contribution < -0.4 is 5.73 Å². The van der Waals surface area contributed by atoms with E-state index in [-0.39, 0.29) is 0 Å². The highest BCUT2D eigenvalue weighted by atomic mass is 15.1. The number of likely N-dealkylation sites (N-methyl/N-ethyl adjacent to an activating group) is 1. The van der Waals surface area contributed by atoms with Crippen molar-refractivity contribution in [2.75, 3.05) is 26.7 Å². The highest BCUT2D eigenvalue weighted by molar-refractivity contribution is 5.03. The average molecular weight is 263 g/mol. The van der Waals surface area contributed by atoms with Gasteiger partial charge in [-0.2, -0.15) is 0 Å². The first-order chi connectivity index (χ1) is 9.26. The predicted octanol–water partition coefficient (Wildman–Crippen LogP) is 2.71. The number of hydrogen-bond acceptors (Lipinski definition) is 3. The number of rotatable bonds is 10. The highest BCUT2D eigenvalue weighted by Crippen LogP contribution is 2.14. The summed E-state index contributed by atoms with van der Waals surface area (Å²) in [6, 6.07) is 6.12. The molecule has 0 saturated carbocycles. The Labute approximate surface area is 118 Å². The maximum atomic E-state index is 5.63. The summed E-state index contributed by atoms with van der Waals surface area (Å²) in [7, 11) is 2.20. The van der Waals surface area contributed by atoms with Gasteiger partial charge in [0.15, 0.2) is 0 Å². The summed E-state index contributed by atoms with van der Waals surface area (Å²) in [5.41, 5.74) is 6.82. The summed E-state index contributed by atoms with van der Waals surface area (Å²) in [6.07, 6.45) is 7.92. The first kappa shape index (κ1) is 16.1. The summed E-state index contributed by atoms with van der Waals surface area (Å²) in [4.78, 5) is 6.76. The average Bonchev–Trinajstić information content (AvgIpc) is 2.45. The predicted molar refractivity (Wildman–Crippen MR) is 82.1 cm³/mol. The Balaban J connectivity index is 2.12. The van der Waals surface area contributed by atoms with Gasteiger partial charge in [0.05, 0.1) is 0 Å². The Morgan fingerprint density at radius 2 is 2.11 bits per heavy atom. The Morgan fingerprint density at radius 3 is 2.74 bits per heavy atom. The molecule has 19 heavy (non-hydrogen) atoms. The Hall–Kier alpha value is -0.930. The molecule has 0 saturated heterocycles. The molecule has 0 amide bonds. The SMILES string of the molecule is CCC(CCN)CCCN(C)CCc1ccccn1.